The number of benzene rings is 2. The Kier molecular flexibility index (Phi) is 2.11. The van der Waals surface area contributed by atoms with Crippen LogP contribution >= 0.6 is 0 Å². The van der Waals surface area contributed by atoms with Crippen LogP contribution in [0.5, 0.6) is 5.75 Å². The molecule has 3 nitrogen and oxygen atoms in total. The van der Waals surface area contributed by atoms with Crippen molar-refractivity contribution in [3.63, 3.8) is 0 Å². The van der Waals surface area contributed by atoms with Crippen LogP contribution in [0, 0.1) is 0 Å². The summed E-state index contributed by atoms with van der Waals surface area (Å²) in [7, 11) is 1.84. The van der Waals surface area contributed by atoms with Gasteiger partial charge >= 0.3 is 0 Å². The highest BCUT2D eigenvalue weighted by Crippen LogP contribution is 2.31. The first-order chi connectivity index (χ1) is 8.27. The largest absolute Gasteiger partial charge is 0.506 e. The molecule has 1 aromatic heterocycles. The highest BCUT2D eigenvalue weighted by molar-refractivity contribution is 5.96. The Morgan fingerprint density at radius 3 is 2.53 bits per heavy atom. The third-order valence-corrected chi connectivity index (χ3v) is 2.89. The van der Waals surface area contributed by atoms with E-state index in [4.69, 9.17) is 0 Å². The molecule has 0 radical (unpaired) electrons. The lowest BCUT2D eigenvalue weighted by molar-refractivity contribution is 0.478. The maximum absolute atomic E-state index is 9.85. The molecule has 0 amide bonds. The number of hydrogen-bond donors (Lipinski definition) is 1. The van der Waals surface area contributed by atoms with Crippen LogP contribution < -0.4 is 0 Å². The fourth-order valence-electron chi connectivity index (χ4n) is 2.13. The predicted octanol–water partition coefficient (Wildman–Crippen LogP) is 2.95. The van der Waals surface area contributed by atoms with Crippen LogP contribution in [0.4, 0.5) is 0 Å². The van der Waals surface area contributed by atoms with Gasteiger partial charge in [-0.1, -0.05) is 42.5 Å². The van der Waals surface area contributed by atoms with Crippen molar-refractivity contribution < 1.29 is 5.11 Å². The number of phenolic OH excluding ortho intramolecular Hbond substituents is 1. The van der Waals surface area contributed by atoms with E-state index in [1.807, 2.05) is 49.5 Å². The smallest absolute Gasteiger partial charge is 0.141 e. The Morgan fingerprint density at radius 1 is 1.00 bits per heavy atom. The van der Waals surface area contributed by atoms with E-state index in [0.717, 1.165) is 22.2 Å². The third-order valence-electron chi connectivity index (χ3n) is 2.89. The number of phenols is 1. The quantitative estimate of drug-likeness (QED) is 0.690. The second-order valence-corrected chi connectivity index (χ2v) is 4.01. The SMILES string of the molecule is Cn1nc(-c2ccccc2)c2cccc(O)c21. The Morgan fingerprint density at radius 2 is 1.76 bits per heavy atom. The molecule has 0 aliphatic rings. The number of aromatic nitrogens is 2. The number of rotatable bonds is 1. The van der Waals surface area contributed by atoms with Crippen molar-refractivity contribution in [3.05, 3.63) is 48.5 Å². The summed E-state index contributed by atoms with van der Waals surface area (Å²) in [5.41, 5.74) is 2.73. The van der Waals surface area contributed by atoms with Crippen molar-refractivity contribution in [2.45, 2.75) is 0 Å². The molecule has 3 heteroatoms. The van der Waals surface area contributed by atoms with Crippen molar-refractivity contribution in [3.8, 4) is 17.0 Å². The predicted molar refractivity (Wildman–Crippen MR) is 67.8 cm³/mol. The maximum Gasteiger partial charge on any atom is 0.141 e. The molecule has 3 aromatic rings. The van der Waals surface area contributed by atoms with Gasteiger partial charge in [0.2, 0.25) is 0 Å². The molecule has 3 rings (SSSR count). The minimum absolute atomic E-state index is 0.264. The maximum atomic E-state index is 9.85. The molecule has 0 aliphatic heterocycles. The summed E-state index contributed by atoms with van der Waals surface area (Å²) in [6.45, 7) is 0. The van der Waals surface area contributed by atoms with Crippen molar-refractivity contribution in [1.29, 1.82) is 0 Å². The van der Waals surface area contributed by atoms with Crippen LogP contribution in [0.3, 0.4) is 0 Å². The zero-order valence-corrected chi connectivity index (χ0v) is 9.46. The van der Waals surface area contributed by atoms with Crippen LogP contribution in [-0.4, -0.2) is 14.9 Å². The van der Waals surface area contributed by atoms with E-state index in [1.54, 1.807) is 10.7 Å². The van der Waals surface area contributed by atoms with E-state index in [9.17, 15) is 5.11 Å². The lowest BCUT2D eigenvalue weighted by Gasteiger charge is -1.97. The second kappa shape index (κ2) is 3.63. The summed E-state index contributed by atoms with van der Waals surface area (Å²) < 4.78 is 1.72. The Bertz CT molecular complexity index is 671. The molecule has 0 saturated heterocycles. The molecule has 17 heavy (non-hydrogen) atoms. The second-order valence-electron chi connectivity index (χ2n) is 4.01. The van der Waals surface area contributed by atoms with E-state index in [-0.39, 0.29) is 5.75 Å². The van der Waals surface area contributed by atoms with Crippen LogP contribution in [0.1, 0.15) is 0 Å². The van der Waals surface area contributed by atoms with Gasteiger partial charge in [-0.2, -0.15) is 5.10 Å². The minimum Gasteiger partial charge on any atom is -0.506 e. The van der Waals surface area contributed by atoms with Gasteiger partial charge < -0.3 is 5.11 Å². The van der Waals surface area contributed by atoms with E-state index in [1.165, 1.54) is 0 Å². The number of para-hydroxylation sites is 1. The molecule has 0 unspecified atom stereocenters. The number of nitrogens with zero attached hydrogens (tertiary/aromatic N) is 2. The molecule has 0 atom stereocenters. The lowest BCUT2D eigenvalue weighted by atomic mass is 10.1. The molecule has 1 N–H and O–H groups in total. The molecule has 0 spiro atoms. The van der Waals surface area contributed by atoms with Gasteiger partial charge in [0.15, 0.2) is 0 Å². The third kappa shape index (κ3) is 1.47. The van der Waals surface area contributed by atoms with E-state index in [2.05, 4.69) is 5.10 Å². The average molecular weight is 224 g/mol. The first-order valence-electron chi connectivity index (χ1n) is 5.47. The Labute approximate surface area is 98.9 Å². The normalized spacial score (nSPS) is 10.9. The molecule has 2 aromatic carbocycles. The van der Waals surface area contributed by atoms with Crippen LogP contribution in [-0.2, 0) is 7.05 Å². The van der Waals surface area contributed by atoms with Gasteiger partial charge in [-0.25, -0.2) is 0 Å². The molecule has 0 saturated carbocycles. The number of hydrogen-bond acceptors (Lipinski definition) is 2. The summed E-state index contributed by atoms with van der Waals surface area (Å²) in [5, 5.41) is 15.3. The molecule has 0 aliphatic carbocycles. The first-order valence-corrected chi connectivity index (χ1v) is 5.47. The summed E-state index contributed by atoms with van der Waals surface area (Å²) in [5.74, 6) is 0.264. The summed E-state index contributed by atoms with van der Waals surface area (Å²) in [4.78, 5) is 0. The van der Waals surface area contributed by atoms with Gasteiger partial charge in [0, 0.05) is 18.0 Å². The fourth-order valence-corrected chi connectivity index (χ4v) is 2.13. The van der Waals surface area contributed by atoms with Crippen molar-refractivity contribution >= 4 is 10.9 Å². The Balaban J connectivity index is 2.36. The van der Waals surface area contributed by atoms with Gasteiger partial charge in [-0.3, -0.25) is 4.68 Å². The monoisotopic (exact) mass is 224 g/mol. The standard InChI is InChI=1S/C14H12N2O/c1-16-14-11(8-5-9-12(14)17)13(15-16)10-6-3-2-4-7-10/h2-9,17H,1H3. The Hall–Kier alpha value is -2.29. The van der Waals surface area contributed by atoms with E-state index < -0.39 is 0 Å². The molecule has 0 bridgehead atoms. The van der Waals surface area contributed by atoms with Crippen molar-refractivity contribution in [1.82, 2.24) is 9.78 Å². The van der Waals surface area contributed by atoms with Crippen molar-refractivity contribution in [2.24, 2.45) is 7.05 Å². The number of aromatic hydroxyl groups is 1. The molecular formula is C14H12N2O. The van der Waals surface area contributed by atoms with Crippen LogP contribution in [0.25, 0.3) is 22.2 Å². The van der Waals surface area contributed by atoms with Crippen molar-refractivity contribution in [2.75, 3.05) is 0 Å². The first kappa shape index (κ1) is 9.90. The fraction of sp³-hybridized carbons (Fsp3) is 0.0714. The highest BCUT2D eigenvalue weighted by atomic mass is 16.3. The topological polar surface area (TPSA) is 38.0 Å². The zero-order valence-electron chi connectivity index (χ0n) is 9.46. The molecule has 1 heterocycles. The summed E-state index contributed by atoms with van der Waals surface area (Å²) in [6.07, 6.45) is 0. The lowest BCUT2D eigenvalue weighted by Crippen LogP contribution is -1.89. The molecule has 84 valence electrons. The average Bonchev–Trinajstić information content (AvgIpc) is 2.69. The van der Waals surface area contributed by atoms with Gasteiger partial charge in [-0.05, 0) is 6.07 Å². The van der Waals surface area contributed by atoms with Gasteiger partial charge in [0.1, 0.15) is 17.0 Å². The molecule has 0 fully saturated rings. The van der Waals surface area contributed by atoms with E-state index in [0.29, 0.717) is 0 Å². The molecular weight excluding hydrogens is 212 g/mol. The summed E-state index contributed by atoms with van der Waals surface area (Å²) in [6, 6.07) is 15.5. The highest BCUT2D eigenvalue weighted by Gasteiger charge is 2.12. The van der Waals surface area contributed by atoms with Gasteiger partial charge in [0.25, 0.3) is 0 Å². The van der Waals surface area contributed by atoms with Crippen LogP contribution in [0.2, 0.25) is 0 Å². The van der Waals surface area contributed by atoms with Crippen LogP contribution in [0.15, 0.2) is 48.5 Å². The minimum atomic E-state index is 0.264. The number of aryl methyl sites for hydroxylation is 1. The van der Waals surface area contributed by atoms with Gasteiger partial charge in [0.05, 0.1) is 0 Å². The van der Waals surface area contributed by atoms with Gasteiger partial charge in [-0.15, -0.1) is 0 Å². The summed E-state index contributed by atoms with van der Waals surface area (Å²) >= 11 is 0. The van der Waals surface area contributed by atoms with E-state index >= 15 is 0 Å². The number of fused-ring (bicyclic) bond motifs is 1. The zero-order chi connectivity index (χ0) is 11.8.